The summed E-state index contributed by atoms with van der Waals surface area (Å²) in [5.74, 6) is 0.954. The van der Waals surface area contributed by atoms with E-state index in [0.29, 0.717) is 49.1 Å². The van der Waals surface area contributed by atoms with Gasteiger partial charge in [0.25, 0.3) is 5.84 Å². The van der Waals surface area contributed by atoms with Crippen LogP contribution in [0.1, 0.15) is 47.5 Å². The zero-order valence-electron chi connectivity index (χ0n) is 16.3. The monoisotopic (exact) mass is 363 g/mol. The van der Waals surface area contributed by atoms with Gasteiger partial charge in [0.1, 0.15) is 13.2 Å². The number of nitroso groups, excluding NO2 is 1. The molecule has 0 aliphatic carbocycles. The number of carbonyl (C=O) groups excluding carboxylic acids is 2. The van der Waals surface area contributed by atoms with E-state index in [1.165, 1.54) is 4.90 Å². The molecule has 3 heterocycles. The Balaban J connectivity index is 2.12. The van der Waals surface area contributed by atoms with Crippen LogP contribution < -0.4 is 5.32 Å². The second-order valence-corrected chi connectivity index (χ2v) is 8.12. The Labute approximate surface area is 154 Å². The molecule has 0 saturated carbocycles. The topological polar surface area (TPSA) is 81.9 Å². The summed E-state index contributed by atoms with van der Waals surface area (Å²) in [4.78, 5) is 46.1. The molecule has 26 heavy (non-hydrogen) atoms. The van der Waals surface area contributed by atoms with Crippen molar-refractivity contribution in [3.8, 4) is 0 Å². The highest BCUT2D eigenvalue weighted by molar-refractivity contribution is 6.06. The zero-order valence-corrected chi connectivity index (χ0v) is 16.3. The smallest absolute Gasteiger partial charge is 0.276 e. The second-order valence-electron chi connectivity index (χ2n) is 8.12. The number of amidine groups is 1. The number of nitrogens with one attached hydrogen (secondary N) is 1. The maximum absolute atomic E-state index is 13.5. The largest absolute Gasteiger partial charge is 0.398 e. The van der Waals surface area contributed by atoms with Crippen molar-refractivity contribution in [3.05, 3.63) is 16.3 Å². The van der Waals surface area contributed by atoms with Gasteiger partial charge in [0.2, 0.25) is 0 Å². The number of nitrogens with zero attached hydrogens (tertiary/aromatic N) is 4. The number of hydrogen-bond acceptors (Lipinski definition) is 5. The van der Waals surface area contributed by atoms with Crippen LogP contribution in [0.2, 0.25) is 0 Å². The van der Waals surface area contributed by atoms with Crippen molar-refractivity contribution in [1.82, 2.24) is 10.2 Å². The van der Waals surface area contributed by atoms with Crippen LogP contribution in [0.5, 0.6) is 0 Å². The first kappa shape index (κ1) is 18.8. The molecule has 2 atom stereocenters. The van der Waals surface area contributed by atoms with Crippen molar-refractivity contribution in [3.63, 3.8) is 0 Å². The number of fused-ring (bicyclic) bond motifs is 2. The van der Waals surface area contributed by atoms with Crippen LogP contribution in [0.3, 0.4) is 0 Å². The van der Waals surface area contributed by atoms with Gasteiger partial charge in [-0.15, -0.1) is 0 Å². The van der Waals surface area contributed by atoms with Crippen molar-refractivity contribution in [2.45, 2.75) is 53.5 Å². The average molecular weight is 363 g/mol. The lowest BCUT2D eigenvalue weighted by Gasteiger charge is -2.23. The molecule has 2 amide bonds. The molecule has 0 bridgehead atoms. The van der Waals surface area contributed by atoms with Crippen LogP contribution in [0, 0.1) is 16.7 Å². The highest BCUT2D eigenvalue weighted by Gasteiger charge is 2.70. The highest BCUT2D eigenvalue weighted by Crippen LogP contribution is 2.39. The Kier molecular flexibility index (Phi) is 4.83. The van der Waals surface area contributed by atoms with Crippen molar-refractivity contribution >= 4 is 17.6 Å². The lowest BCUT2D eigenvalue weighted by Crippen LogP contribution is -2.60. The first-order valence-corrected chi connectivity index (χ1v) is 9.47. The van der Waals surface area contributed by atoms with Crippen molar-refractivity contribution in [2.24, 2.45) is 16.8 Å². The summed E-state index contributed by atoms with van der Waals surface area (Å²) in [6.07, 6.45) is 0.925. The summed E-state index contributed by atoms with van der Waals surface area (Å²) in [7, 11) is 0. The Hall–Kier alpha value is -1.93. The number of rotatable bonds is 5. The summed E-state index contributed by atoms with van der Waals surface area (Å²) in [6, 6.07) is -0.494. The van der Waals surface area contributed by atoms with Gasteiger partial charge in [0, 0.05) is 18.9 Å². The molecule has 3 rings (SSSR count). The maximum Gasteiger partial charge on any atom is 0.398 e. The fourth-order valence-corrected chi connectivity index (χ4v) is 4.07. The minimum Gasteiger partial charge on any atom is -0.276 e. The number of amides is 2. The predicted octanol–water partition coefficient (Wildman–Crippen LogP) is 1.53. The summed E-state index contributed by atoms with van der Waals surface area (Å²) < 4.78 is -0.422. The molecular weight excluding hydrogens is 334 g/mol. The molecule has 1 N–H and O–H groups in total. The molecule has 0 spiro atoms. The zero-order chi connectivity index (χ0) is 19.2. The lowest BCUT2D eigenvalue weighted by molar-refractivity contribution is -1.23. The van der Waals surface area contributed by atoms with Crippen LogP contribution in [-0.2, 0) is 9.59 Å². The molecule has 0 aromatic rings. The molecule has 0 fully saturated rings. The van der Waals surface area contributed by atoms with Crippen LogP contribution in [0.4, 0.5) is 0 Å². The van der Waals surface area contributed by atoms with Crippen molar-refractivity contribution in [2.75, 3.05) is 19.8 Å². The van der Waals surface area contributed by atoms with Crippen LogP contribution >= 0.6 is 0 Å². The molecule has 142 valence electrons. The molecular formula is C18H29N5O3+2. The molecule has 0 aromatic carbocycles. The van der Waals surface area contributed by atoms with E-state index in [9.17, 15) is 14.5 Å². The van der Waals surface area contributed by atoms with Gasteiger partial charge in [0.15, 0.2) is 16.5 Å². The SMILES string of the molecule is CCC(=O)N1CNCC2=C1[N+](=O)[N+]1(CC(C)C)C(=O)C(CC(C)C)N=C21. The normalized spacial score (nSPS) is 28.2. The average Bonchev–Trinajstić information content (AvgIpc) is 2.97. The lowest BCUT2D eigenvalue weighted by atomic mass is 10.0. The molecule has 3 aliphatic rings. The minimum absolute atomic E-state index is 0.128. The van der Waals surface area contributed by atoms with Gasteiger partial charge >= 0.3 is 17.6 Å². The summed E-state index contributed by atoms with van der Waals surface area (Å²) in [5, 5.41) is 3.18. The van der Waals surface area contributed by atoms with E-state index in [-0.39, 0.29) is 24.4 Å². The van der Waals surface area contributed by atoms with E-state index in [1.54, 1.807) is 6.92 Å². The fraction of sp³-hybridized carbons (Fsp3) is 0.722. The van der Waals surface area contributed by atoms with E-state index >= 15 is 0 Å². The molecule has 0 aromatic heterocycles. The second kappa shape index (κ2) is 6.66. The maximum atomic E-state index is 13.5. The summed E-state index contributed by atoms with van der Waals surface area (Å²) >= 11 is 0. The molecule has 0 radical (unpaired) electrons. The first-order valence-electron chi connectivity index (χ1n) is 9.47. The van der Waals surface area contributed by atoms with E-state index in [0.717, 1.165) is 4.87 Å². The van der Waals surface area contributed by atoms with Gasteiger partial charge in [-0.3, -0.25) is 5.32 Å². The van der Waals surface area contributed by atoms with Crippen molar-refractivity contribution in [1.29, 1.82) is 0 Å². The molecule has 2 unspecified atom stereocenters. The number of carbonyl (C=O) groups is 2. The molecule has 8 nitrogen and oxygen atoms in total. The Morgan fingerprint density at radius 2 is 2.04 bits per heavy atom. The Morgan fingerprint density at radius 1 is 1.35 bits per heavy atom. The fourth-order valence-electron chi connectivity index (χ4n) is 4.07. The molecule has 0 saturated heterocycles. The van der Waals surface area contributed by atoms with E-state index in [1.807, 2.05) is 27.7 Å². The summed E-state index contributed by atoms with van der Waals surface area (Å²) in [6.45, 7) is 10.9. The summed E-state index contributed by atoms with van der Waals surface area (Å²) in [5.41, 5.74) is 0.688. The van der Waals surface area contributed by atoms with Gasteiger partial charge in [-0.05, 0) is 21.8 Å². The predicted molar refractivity (Wildman–Crippen MR) is 96.3 cm³/mol. The Morgan fingerprint density at radius 3 is 2.62 bits per heavy atom. The van der Waals surface area contributed by atoms with Crippen LogP contribution in [0.15, 0.2) is 16.4 Å². The van der Waals surface area contributed by atoms with E-state index < -0.39 is 10.6 Å². The van der Waals surface area contributed by atoms with E-state index in [4.69, 9.17) is 4.99 Å². The van der Waals surface area contributed by atoms with Gasteiger partial charge in [-0.2, -0.15) is 4.90 Å². The van der Waals surface area contributed by atoms with Gasteiger partial charge in [-0.1, -0.05) is 34.6 Å². The third-order valence-electron chi connectivity index (χ3n) is 5.06. The van der Waals surface area contributed by atoms with Gasteiger partial charge in [-0.25, -0.2) is 14.6 Å². The number of hydrogen-bond donors (Lipinski definition) is 1. The minimum atomic E-state index is -0.494. The first-order chi connectivity index (χ1) is 12.2. The number of quaternary nitrogens is 1. The van der Waals surface area contributed by atoms with Crippen molar-refractivity contribution < 1.29 is 19.1 Å². The van der Waals surface area contributed by atoms with Crippen LogP contribution in [0.25, 0.3) is 0 Å². The third-order valence-corrected chi connectivity index (χ3v) is 5.06. The van der Waals surface area contributed by atoms with E-state index in [2.05, 4.69) is 5.32 Å². The van der Waals surface area contributed by atoms with Crippen LogP contribution in [-0.4, -0.2) is 57.8 Å². The molecule has 3 aliphatic heterocycles. The standard InChI is InChI=1S/C18H29N5O3/c1-6-15(24)21-10-19-8-13-16-20-14(7-11(2)3)18(25)23(16,9-12(4)5)22(26)17(13)21/h11-12,14,19H,6-10H2,1-5H3/q+2. The molecule has 8 heteroatoms. The third kappa shape index (κ3) is 2.63. The highest BCUT2D eigenvalue weighted by atomic mass is 16.4. The quantitative estimate of drug-likeness (QED) is 0.593. The van der Waals surface area contributed by atoms with Gasteiger partial charge < -0.3 is 0 Å². The Bertz CT molecular complexity index is 724. The van der Waals surface area contributed by atoms with Gasteiger partial charge in [0.05, 0.1) is 0 Å². The number of aliphatic imine (C=N–C) groups is 1.